The van der Waals surface area contributed by atoms with Gasteiger partial charge in [-0.2, -0.15) is 0 Å². The van der Waals surface area contributed by atoms with Gasteiger partial charge in [0.15, 0.2) is 5.29 Å². The minimum Gasteiger partial charge on any atom is -0.389 e. The number of amidine groups is 1. The molecular weight excluding hydrogens is 228 g/mol. The molecule has 0 spiro atoms. The van der Waals surface area contributed by atoms with Gasteiger partial charge in [0.2, 0.25) is 0 Å². The molecule has 0 radical (unpaired) electrons. The van der Waals surface area contributed by atoms with Gasteiger partial charge in [-0.25, -0.2) is 4.99 Å². The molecule has 1 N–H and O–H groups in total. The topological polar surface area (TPSA) is 45.1 Å². The number of aliphatic imine (C=N–C) groups is 1. The van der Waals surface area contributed by atoms with Gasteiger partial charge in [-0.1, -0.05) is 0 Å². The Kier molecular flexibility index (Phi) is 3.52. The van der Waals surface area contributed by atoms with E-state index in [-0.39, 0.29) is 0 Å². The zero-order valence-corrected chi connectivity index (χ0v) is 10.2. The van der Waals surface area contributed by atoms with E-state index in [4.69, 9.17) is 16.3 Å². The Hall–Kier alpha value is -0.580. The first kappa shape index (κ1) is 11.9. The lowest BCUT2D eigenvalue weighted by Gasteiger charge is -2.34. The number of aliphatic hydroxyl groups is 1. The first-order chi connectivity index (χ1) is 7.59. The number of hydrogen-bond acceptors (Lipinski definition) is 4. The van der Waals surface area contributed by atoms with E-state index < -0.39 is 5.60 Å². The third kappa shape index (κ3) is 2.75. The fraction of sp³-hybridized carbons (Fsp3) is 0.727. The smallest absolute Gasteiger partial charge is 0.198 e. The van der Waals surface area contributed by atoms with Crippen molar-refractivity contribution in [3.8, 4) is 0 Å². The predicted octanol–water partition coefficient (Wildman–Crippen LogP) is 1.34. The van der Waals surface area contributed by atoms with Gasteiger partial charge in [0.1, 0.15) is 0 Å². The Bertz CT molecular complexity index is 322. The van der Waals surface area contributed by atoms with E-state index in [0.717, 1.165) is 12.1 Å². The maximum Gasteiger partial charge on any atom is 0.198 e. The fourth-order valence-electron chi connectivity index (χ4n) is 2.11. The van der Waals surface area contributed by atoms with E-state index in [1.54, 1.807) is 6.20 Å². The van der Waals surface area contributed by atoms with Crippen LogP contribution >= 0.6 is 11.6 Å². The van der Waals surface area contributed by atoms with E-state index in [1.165, 1.54) is 0 Å². The molecule has 2 aliphatic rings. The van der Waals surface area contributed by atoms with E-state index in [0.29, 0.717) is 37.8 Å². The summed E-state index contributed by atoms with van der Waals surface area (Å²) in [5.41, 5.74) is 0.501. The highest BCUT2D eigenvalue weighted by Crippen LogP contribution is 2.29. The molecule has 2 heterocycles. The van der Waals surface area contributed by atoms with Crippen LogP contribution in [0.2, 0.25) is 0 Å². The summed E-state index contributed by atoms with van der Waals surface area (Å²) < 4.78 is 5.25. The van der Waals surface area contributed by atoms with Crippen molar-refractivity contribution in [2.45, 2.75) is 24.9 Å². The summed E-state index contributed by atoms with van der Waals surface area (Å²) in [6.07, 6.45) is 3.83. The largest absolute Gasteiger partial charge is 0.389 e. The van der Waals surface area contributed by atoms with Crippen LogP contribution in [-0.2, 0) is 4.74 Å². The van der Waals surface area contributed by atoms with Crippen LogP contribution in [0.5, 0.6) is 0 Å². The molecule has 0 saturated carbocycles. The van der Waals surface area contributed by atoms with Crippen molar-refractivity contribution >= 4 is 16.9 Å². The van der Waals surface area contributed by atoms with Crippen LogP contribution in [0.1, 0.15) is 19.3 Å². The van der Waals surface area contributed by atoms with Crippen LogP contribution in [0, 0.1) is 0 Å². The van der Waals surface area contributed by atoms with Crippen LogP contribution < -0.4 is 0 Å². The molecule has 0 unspecified atom stereocenters. The minimum absolute atomic E-state index is 0.503. The third-order valence-corrected chi connectivity index (χ3v) is 3.47. The number of ether oxygens (including phenoxy) is 1. The van der Waals surface area contributed by atoms with E-state index in [2.05, 4.69) is 4.99 Å². The predicted molar refractivity (Wildman–Crippen MR) is 63.6 cm³/mol. The van der Waals surface area contributed by atoms with Gasteiger partial charge in [0.25, 0.3) is 0 Å². The van der Waals surface area contributed by atoms with Crippen LogP contribution in [-0.4, -0.2) is 47.7 Å². The minimum atomic E-state index is -0.621. The molecule has 2 rings (SSSR count). The Morgan fingerprint density at radius 1 is 1.56 bits per heavy atom. The number of rotatable bonds is 2. The fourth-order valence-corrected chi connectivity index (χ4v) is 2.21. The number of likely N-dealkylation sites (N-methyl/N-ethyl adjacent to an activating group) is 1. The Balaban J connectivity index is 1.99. The van der Waals surface area contributed by atoms with Gasteiger partial charge in [0.05, 0.1) is 5.60 Å². The number of halogens is 1. The van der Waals surface area contributed by atoms with Gasteiger partial charge >= 0.3 is 0 Å². The van der Waals surface area contributed by atoms with E-state index in [1.807, 2.05) is 11.9 Å². The average molecular weight is 245 g/mol. The lowest BCUT2D eigenvalue weighted by molar-refractivity contribution is -0.0629. The monoisotopic (exact) mass is 244 g/mol. The van der Waals surface area contributed by atoms with Crippen molar-refractivity contribution in [3.63, 3.8) is 0 Å². The average Bonchev–Trinajstić information content (AvgIpc) is 2.24. The molecule has 90 valence electrons. The third-order valence-electron chi connectivity index (χ3n) is 3.09. The number of nitrogens with zero attached hydrogens (tertiary/aromatic N) is 2. The highest BCUT2D eigenvalue weighted by molar-refractivity contribution is 6.64. The van der Waals surface area contributed by atoms with Gasteiger partial charge in [-0.15, -0.1) is 0 Å². The molecule has 0 amide bonds. The summed E-state index contributed by atoms with van der Waals surface area (Å²) in [5.74, 6) is 0. The highest BCUT2D eigenvalue weighted by Gasteiger charge is 2.31. The molecule has 0 aliphatic carbocycles. The number of hydrogen-bond donors (Lipinski definition) is 1. The van der Waals surface area contributed by atoms with E-state index in [9.17, 15) is 5.11 Å². The Morgan fingerprint density at radius 3 is 2.88 bits per heavy atom. The van der Waals surface area contributed by atoms with Crippen molar-refractivity contribution in [1.82, 2.24) is 4.90 Å². The van der Waals surface area contributed by atoms with Crippen molar-refractivity contribution in [1.29, 1.82) is 0 Å². The summed E-state index contributed by atoms with van der Waals surface area (Å²) >= 11 is 5.86. The molecule has 16 heavy (non-hydrogen) atoms. The van der Waals surface area contributed by atoms with Gasteiger partial charge in [0, 0.05) is 39.4 Å². The molecule has 0 aromatic heterocycles. The van der Waals surface area contributed by atoms with Crippen LogP contribution in [0.3, 0.4) is 0 Å². The summed E-state index contributed by atoms with van der Waals surface area (Å²) in [5, 5.41) is 10.9. The zero-order valence-electron chi connectivity index (χ0n) is 9.45. The van der Waals surface area contributed by atoms with E-state index >= 15 is 0 Å². The molecule has 4 nitrogen and oxygen atoms in total. The molecule has 5 heteroatoms. The lowest BCUT2D eigenvalue weighted by atomic mass is 9.87. The van der Waals surface area contributed by atoms with Crippen molar-refractivity contribution < 1.29 is 9.84 Å². The summed E-state index contributed by atoms with van der Waals surface area (Å²) in [6, 6.07) is 0. The highest BCUT2D eigenvalue weighted by atomic mass is 35.5. The second-order valence-electron chi connectivity index (χ2n) is 4.56. The second kappa shape index (κ2) is 4.73. The molecule has 0 aromatic carbocycles. The quantitative estimate of drug-likeness (QED) is 0.746. The molecule has 2 aliphatic heterocycles. The lowest BCUT2D eigenvalue weighted by Crippen LogP contribution is -2.38. The standard InChI is InChI=1S/C11H17ClN2O2/c1-14-8-9(7-13-10(14)12)6-11(15)2-4-16-5-3-11/h7,15H,2-6,8H2,1H3. The first-order valence-corrected chi connectivity index (χ1v) is 5.89. The Morgan fingerprint density at radius 2 is 2.25 bits per heavy atom. The molecular formula is C11H17ClN2O2. The van der Waals surface area contributed by atoms with Crippen LogP contribution in [0.4, 0.5) is 0 Å². The first-order valence-electron chi connectivity index (χ1n) is 5.52. The summed E-state index contributed by atoms with van der Waals surface area (Å²) in [6.45, 7) is 2.03. The summed E-state index contributed by atoms with van der Waals surface area (Å²) in [4.78, 5) is 5.97. The summed E-state index contributed by atoms with van der Waals surface area (Å²) in [7, 11) is 1.90. The Labute approximate surface area is 101 Å². The van der Waals surface area contributed by atoms with Gasteiger partial charge in [-0.05, 0) is 30.0 Å². The normalized spacial score (nSPS) is 25.1. The van der Waals surface area contributed by atoms with Crippen LogP contribution in [0.25, 0.3) is 0 Å². The zero-order chi connectivity index (χ0) is 11.6. The molecule has 1 fully saturated rings. The molecule has 1 saturated heterocycles. The van der Waals surface area contributed by atoms with Gasteiger partial charge < -0.3 is 14.7 Å². The molecule has 0 aromatic rings. The van der Waals surface area contributed by atoms with Crippen molar-refractivity contribution in [2.75, 3.05) is 26.8 Å². The van der Waals surface area contributed by atoms with Crippen molar-refractivity contribution in [3.05, 3.63) is 11.8 Å². The van der Waals surface area contributed by atoms with Crippen LogP contribution in [0.15, 0.2) is 16.8 Å². The SMILES string of the molecule is CN1CC(CC2(O)CCOCC2)=CN=C1Cl. The van der Waals surface area contributed by atoms with Crippen molar-refractivity contribution in [2.24, 2.45) is 4.99 Å². The second-order valence-corrected chi connectivity index (χ2v) is 4.89. The maximum absolute atomic E-state index is 10.4. The van der Waals surface area contributed by atoms with Gasteiger partial charge in [-0.3, -0.25) is 0 Å². The molecule has 0 atom stereocenters. The molecule has 0 bridgehead atoms. The maximum atomic E-state index is 10.4.